The molecule has 16 heteroatoms. The largest absolute Gasteiger partial charge is 0.394 e. The number of hydrogen-bond donors (Lipinski definition) is 7. The van der Waals surface area contributed by atoms with Gasteiger partial charge in [0.05, 0.1) is 22.9 Å². The van der Waals surface area contributed by atoms with E-state index < -0.39 is 72.1 Å². The summed E-state index contributed by atoms with van der Waals surface area (Å²) in [5, 5.41) is 46.6. The molecule has 0 saturated carbocycles. The van der Waals surface area contributed by atoms with Crippen LogP contribution < -0.4 is 22.5 Å². The van der Waals surface area contributed by atoms with Crippen LogP contribution in [0.25, 0.3) is 0 Å². The number of nitrogens with zero attached hydrogens (tertiary/aromatic N) is 2. The van der Waals surface area contributed by atoms with Gasteiger partial charge in [-0.15, -0.1) is 0 Å². The minimum absolute atomic E-state index is 0.202. The van der Waals surface area contributed by atoms with Crippen LogP contribution in [0.3, 0.4) is 0 Å². The molecule has 2 aliphatic rings. The Morgan fingerprint density at radius 1 is 0.941 bits per heavy atom. The predicted molar refractivity (Wildman–Crippen MR) is 120 cm³/mol. The minimum atomic E-state index is -1.35. The molecule has 2 aliphatic heterocycles. The summed E-state index contributed by atoms with van der Waals surface area (Å²) < 4.78 is 13.0. The van der Waals surface area contributed by atoms with Gasteiger partial charge in [0.25, 0.3) is 11.1 Å². The SMILES string of the molecule is O=c1[nH]c(=O)n([C@H]2C[C@H](O)[C@@H](CO)O2)cc1I.O=c1ccn([C@@H]2O[C@H](CO)[C@@H](O)[C@H]2O)c(=O)[nH]1. The molecule has 2 fully saturated rings. The molecule has 2 saturated heterocycles. The van der Waals surface area contributed by atoms with Crippen LogP contribution in [-0.2, 0) is 9.47 Å². The molecule has 0 spiro atoms. The van der Waals surface area contributed by atoms with Crippen LogP contribution in [0, 0.1) is 3.57 Å². The quantitative estimate of drug-likeness (QED) is 0.168. The Morgan fingerprint density at radius 2 is 1.59 bits per heavy atom. The first kappa shape index (κ1) is 26.4. The Balaban J connectivity index is 0.000000191. The third-order valence-corrected chi connectivity index (χ3v) is 6.03. The van der Waals surface area contributed by atoms with E-state index in [0.29, 0.717) is 3.57 Å². The Labute approximate surface area is 203 Å². The standard InChI is InChI=1S/C9H11IN2O5.C9H12N2O6/c10-4-2-12(9(16)11-8(4)15)7-1-5(14)6(3-13)17-7;12-3-4-6(14)7(15)8(17-4)11-2-1-5(13)10-9(11)16/h2,5-7,13-14H,1,3H2,(H,11,15,16);1-2,4,6-8,12,14-15H,3H2,(H,10,13,16)/t5-,6+,7+;4-,6-,7-,8-/m01/s1. The molecule has 0 aliphatic carbocycles. The van der Waals surface area contributed by atoms with Gasteiger partial charge < -0.3 is 35.0 Å². The number of halogens is 1. The normalized spacial score (nSPS) is 30.7. The maximum Gasteiger partial charge on any atom is 0.330 e. The van der Waals surface area contributed by atoms with E-state index >= 15 is 0 Å². The molecule has 7 N–H and O–H groups in total. The van der Waals surface area contributed by atoms with Crippen LogP contribution in [-0.4, -0.2) is 88.4 Å². The van der Waals surface area contributed by atoms with E-state index in [0.717, 1.165) is 16.8 Å². The zero-order valence-corrected chi connectivity index (χ0v) is 19.5. The second-order valence-corrected chi connectivity index (χ2v) is 8.67. The summed E-state index contributed by atoms with van der Waals surface area (Å²) in [4.78, 5) is 49.2. The van der Waals surface area contributed by atoms with Crippen molar-refractivity contribution in [2.75, 3.05) is 13.2 Å². The lowest BCUT2D eigenvalue weighted by molar-refractivity contribution is -0.0550. The molecule has 0 amide bonds. The maximum absolute atomic E-state index is 11.6. The number of ether oxygens (including phenoxy) is 2. The molecule has 188 valence electrons. The van der Waals surface area contributed by atoms with Crippen LogP contribution in [0.1, 0.15) is 18.9 Å². The van der Waals surface area contributed by atoms with Crippen LogP contribution >= 0.6 is 22.6 Å². The van der Waals surface area contributed by atoms with Crippen molar-refractivity contribution in [1.82, 2.24) is 19.1 Å². The second kappa shape index (κ2) is 11.0. The van der Waals surface area contributed by atoms with Gasteiger partial charge in [-0.3, -0.25) is 28.7 Å². The van der Waals surface area contributed by atoms with E-state index in [1.165, 1.54) is 10.8 Å². The Morgan fingerprint density at radius 3 is 2.15 bits per heavy atom. The van der Waals surface area contributed by atoms with Gasteiger partial charge in [-0.1, -0.05) is 0 Å². The van der Waals surface area contributed by atoms with Gasteiger partial charge in [0.1, 0.15) is 30.6 Å². The molecule has 2 aromatic rings. The van der Waals surface area contributed by atoms with Crippen molar-refractivity contribution in [3.8, 4) is 0 Å². The number of H-pyrrole nitrogens is 2. The van der Waals surface area contributed by atoms with Crippen molar-refractivity contribution >= 4 is 22.6 Å². The molecule has 7 atom stereocenters. The van der Waals surface area contributed by atoms with Crippen molar-refractivity contribution in [3.63, 3.8) is 0 Å². The fourth-order valence-electron chi connectivity index (χ4n) is 3.46. The summed E-state index contributed by atoms with van der Waals surface area (Å²) in [5.41, 5.74) is -2.37. The lowest BCUT2D eigenvalue weighted by Gasteiger charge is -2.16. The molecule has 4 rings (SSSR count). The van der Waals surface area contributed by atoms with Crippen LogP contribution in [0.2, 0.25) is 0 Å². The highest BCUT2D eigenvalue weighted by atomic mass is 127. The number of aliphatic hydroxyl groups is 5. The zero-order chi connectivity index (χ0) is 25.2. The first-order chi connectivity index (χ1) is 16.1. The summed E-state index contributed by atoms with van der Waals surface area (Å²) >= 11 is 1.80. The number of aromatic nitrogens is 4. The maximum atomic E-state index is 11.6. The molecule has 0 unspecified atom stereocenters. The summed E-state index contributed by atoms with van der Waals surface area (Å²) in [6, 6.07) is 1.09. The molecular formula is C18H23IN4O11. The van der Waals surface area contributed by atoms with Crippen molar-refractivity contribution in [2.45, 2.75) is 49.4 Å². The van der Waals surface area contributed by atoms with Gasteiger partial charge >= 0.3 is 11.4 Å². The molecule has 0 bridgehead atoms. The van der Waals surface area contributed by atoms with Gasteiger partial charge in [-0.25, -0.2) is 9.59 Å². The smallest absolute Gasteiger partial charge is 0.330 e. The monoisotopic (exact) mass is 598 g/mol. The van der Waals surface area contributed by atoms with E-state index in [1.807, 2.05) is 4.98 Å². The average molecular weight is 598 g/mol. The van der Waals surface area contributed by atoms with E-state index in [2.05, 4.69) is 4.98 Å². The Kier molecular flexibility index (Phi) is 8.57. The molecule has 0 radical (unpaired) electrons. The van der Waals surface area contributed by atoms with E-state index in [9.17, 15) is 34.5 Å². The van der Waals surface area contributed by atoms with Crippen LogP contribution in [0.5, 0.6) is 0 Å². The van der Waals surface area contributed by atoms with Crippen molar-refractivity contribution < 1.29 is 35.0 Å². The summed E-state index contributed by atoms with van der Waals surface area (Å²) in [7, 11) is 0. The van der Waals surface area contributed by atoms with Gasteiger partial charge in [0.2, 0.25) is 0 Å². The highest BCUT2D eigenvalue weighted by molar-refractivity contribution is 14.1. The summed E-state index contributed by atoms with van der Waals surface area (Å²) in [6.07, 6.45) is -4.19. The van der Waals surface area contributed by atoms with E-state index in [4.69, 9.17) is 19.7 Å². The number of hydrogen-bond acceptors (Lipinski definition) is 11. The minimum Gasteiger partial charge on any atom is -0.394 e. The van der Waals surface area contributed by atoms with Crippen molar-refractivity contribution in [1.29, 1.82) is 0 Å². The zero-order valence-electron chi connectivity index (χ0n) is 17.4. The summed E-state index contributed by atoms with van der Waals surface area (Å²) in [5.74, 6) is 0. The van der Waals surface area contributed by atoms with Gasteiger partial charge in [0, 0.05) is 24.9 Å². The average Bonchev–Trinajstić information content (AvgIpc) is 3.30. The lowest BCUT2D eigenvalue weighted by Crippen LogP contribution is -2.37. The van der Waals surface area contributed by atoms with E-state index in [1.54, 1.807) is 22.6 Å². The van der Waals surface area contributed by atoms with Crippen LogP contribution in [0.15, 0.2) is 37.6 Å². The third kappa shape index (κ3) is 5.54. The second-order valence-electron chi connectivity index (χ2n) is 7.50. The molecule has 34 heavy (non-hydrogen) atoms. The number of rotatable bonds is 4. The first-order valence-corrected chi connectivity index (χ1v) is 11.0. The molecule has 0 aromatic carbocycles. The fraction of sp³-hybridized carbons (Fsp3) is 0.556. The predicted octanol–water partition coefficient (Wildman–Crippen LogP) is -4.07. The highest BCUT2D eigenvalue weighted by Crippen LogP contribution is 2.28. The Hall–Kier alpha value is -2.19. The summed E-state index contributed by atoms with van der Waals surface area (Å²) in [6.45, 7) is -0.792. The van der Waals surface area contributed by atoms with Gasteiger partial charge in [-0.2, -0.15) is 0 Å². The number of aromatic amines is 2. The molecule has 2 aromatic heterocycles. The lowest BCUT2D eigenvalue weighted by atomic mass is 10.1. The number of nitrogens with one attached hydrogen (secondary N) is 2. The highest BCUT2D eigenvalue weighted by Gasteiger charge is 2.43. The van der Waals surface area contributed by atoms with Gasteiger partial charge in [0.15, 0.2) is 6.23 Å². The van der Waals surface area contributed by atoms with E-state index in [-0.39, 0.29) is 13.0 Å². The van der Waals surface area contributed by atoms with Crippen molar-refractivity contribution in [2.24, 2.45) is 0 Å². The van der Waals surface area contributed by atoms with Gasteiger partial charge in [-0.05, 0) is 22.6 Å². The molecule has 4 heterocycles. The Bertz CT molecular complexity index is 1220. The topological polar surface area (TPSA) is 229 Å². The number of aliphatic hydroxyl groups excluding tert-OH is 5. The molecular weight excluding hydrogens is 575 g/mol. The first-order valence-electron chi connectivity index (χ1n) is 9.96. The van der Waals surface area contributed by atoms with Crippen molar-refractivity contribution in [3.05, 3.63) is 63.7 Å². The third-order valence-electron chi connectivity index (χ3n) is 5.26. The molecule has 15 nitrogen and oxygen atoms in total. The fourth-order valence-corrected chi connectivity index (χ4v) is 3.90. The van der Waals surface area contributed by atoms with Crippen LogP contribution in [0.4, 0.5) is 0 Å².